The van der Waals surface area contributed by atoms with Crippen LogP contribution in [0.2, 0.25) is 0 Å². The monoisotopic (exact) mass is 195 g/mol. The highest BCUT2D eigenvalue weighted by atomic mass is 32.1. The second kappa shape index (κ2) is 3.13. The summed E-state index contributed by atoms with van der Waals surface area (Å²) in [4.78, 5) is 0. The maximum atomic E-state index is 9.56. The van der Waals surface area contributed by atoms with Crippen molar-refractivity contribution in [3.05, 3.63) is 0 Å². The predicted octanol–water partition coefficient (Wildman–Crippen LogP) is -2.36. The SMILES string of the molecule is CC(O)[C@]1(O)NC(S)[C@H](O)[C@@H]1O. The number of aliphatic hydroxyl groups excluding tert-OH is 3. The topological polar surface area (TPSA) is 93.0 Å². The summed E-state index contributed by atoms with van der Waals surface area (Å²) in [6.07, 6.45) is -3.80. The largest absolute Gasteiger partial charge is 0.389 e. The molecule has 5 nitrogen and oxygen atoms in total. The molecular weight excluding hydrogens is 182 g/mol. The minimum Gasteiger partial charge on any atom is -0.389 e. The van der Waals surface area contributed by atoms with E-state index in [0.717, 1.165) is 0 Å². The summed E-state index contributed by atoms with van der Waals surface area (Å²) in [5.41, 5.74) is -1.87. The molecule has 0 bridgehead atoms. The minimum atomic E-state index is -1.87. The number of hydrogen-bond donors (Lipinski definition) is 6. The van der Waals surface area contributed by atoms with Gasteiger partial charge in [0.25, 0.3) is 0 Å². The summed E-state index contributed by atoms with van der Waals surface area (Å²) < 4.78 is 0. The molecule has 0 amide bonds. The normalized spacial score (nSPS) is 51.0. The van der Waals surface area contributed by atoms with Gasteiger partial charge in [-0.25, -0.2) is 0 Å². The van der Waals surface area contributed by atoms with Gasteiger partial charge in [-0.1, -0.05) is 0 Å². The van der Waals surface area contributed by atoms with Gasteiger partial charge in [-0.15, -0.1) is 0 Å². The molecule has 1 aliphatic heterocycles. The Morgan fingerprint density at radius 2 is 2.00 bits per heavy atom. The van der Waals surface area contributed by atoms with E-state index in [-0.39, 0.29) is 0 Å². The Bertz CT molecular complexity index is 179. The second-order valence-corrected chi connectivity index (χ2v) is 3.58. The van der Waals surface area contributed by atoms with E-state index in [2.05, 4.69) is 17.9 Å². The average Bonchev–Trinajstić information content (AvgIpc) is 2.17. The van der Waals surface area contributed by atoms with Gasteiger partial charge in [0, 0.05) is 0 Å². The Morgan fingerprint density at radius 1 is 1.50 bits per heavy atom. The van der Waals surface area contributed by atoms with Gasteiger partial charge in [0.1, 0.15) is 12.2 Å². The maximum Gasteiger partial charge on any atom is 0.171 e. The lowest BCUT2D eigenvalue weighted by Crippen LogP contribution is -2.57. The smallest absolute Gasteiger partial charge is 0.171 e. The Morgan fingerprint density at radius 3 is 2.17 bits per heavy atom. The summed E-state index contributed by atoms with van der Waals surface area (Å²) in [5, 5.41) is 38.8. The van der Waals surface area contributed by atoms with Crippen molar-refractivity contribution in [3.63, 3.8) is 0 Å². The zero-order chi connectivity index (χ0) is 9.52. The Labute approximate surface area is 75.4 Å². The van der Waals surface area contributed by atoms with Crippen molar-refractivity contribution in [3.8, 4) is 0 Å². The van der Waals surface area contributed by atoms with Crippen LogP contribution < -0.4 is 5.32 Å². The van der Waals surface area contributed by atoms with Crippen LogP contribution in [0.3, 0.4) is 0 Å². The summed E-state index contributed by atoms with van der Waals surface area (Å²) in [7, 11) is 0. The third-order valence-electron chi connectivity index (χ3n) is 2.11. The Balaban J connectivity index is 2.82. The molecule has 0 aromatic heterocycles. The van der Waals surface area contributed by atoms with Crippen molar-refractivity contribution in [2.24, 2.45) is 0 Å². The molecule has 0 radical (unpaired) electrons. The van der Waals surface area contributed by atoms with Crippen molar-refractivity contribution >= 4 is 12.6 Å². The molecule has 0 saturated carbocycles. The van der Waals surface area contributed by atoms with E-state index in [9.17, 15) is 15.3 Å². The second-order valence-electron chi connectivity index (χ2n) is 3.03. The molecule has 0 aromatic rings. The molecule has 1 rings (SSSR count). The Kier molecular flexibility index (Phi) is 2.67. The molecule has 0 spiro atoms. The van der Waals surface area contributed by atoms with Crippen LogP contribution in [0.1, 0.15) is 6.92 Å². The van der Waals surface area contributed by atoms with Crippen molar-refractivity contribution in [1.82, 2.24) is 5.32 Å². The lowest BCUT2D eigenvalue weighted by molar-refractivity contribution is -0.152. The molecule has 1 saturated heterocycles. The van der Waals surface area contributed by atoms with Crippen molar-refractivity contribution in [1.29, 1.82) is 0 Å². The molecule has 6 heteroatoms. The molecule has 2 unspecified atom stereocenters. The molecule has 5 atom stereocenters. The van der Waals surface area contributed by atoms with Crippen molar-refractivity contribution in [2.75, 3.05) is 0 Å². The van der Waals surface area contributed by atoms with Gasteiger partial charge in [-0.2, -0.15) is 12.6 Å². The zero-order valence-electron chi connectivity index (χ0n) is 6.55. The van der Waals surface area contributed by atoms with E-state index in [1.165, 1.54) is 6.92 Å². The van der Waals surface area contributed by atoms with Gasteiger partial charge < -0.3 is 20.4 Å². The lowest BCUT2D eigenvalue weighted by atomic mass is 10.0. The standard InChI is InChI=1S/C6H13NO4S/c1-2(8)6(11)4(10)3(9)5(12)7-6/h2-5,7-12H,1H3/t2?,3-,4+,5?,6-/m1/s1. The van der Waals surface area contributed by atoms with Gasteiger partial charge in [-0.05, 0) is 6.92 Å². The van der Waals surface area contributed by atoms with Crippen LogP contribution in [-0.4, -0.2) is 49.8 Å². The molecule has 0 aliphatic carbocycles. The maximum absolute atomic E-state index is 9.56. The first-order valence-electron chi connectivity index (χ1n) is 3.62. The third kappa shape index (κ3) is 1.34. The van der Waals surface area contributed by atoms with Crippen LogP contribution in [0, 0.1) is 0 Å². The van der Waals surface area contributed by atoms with Crippen LogP contribution in [0.25, 0.3) is 0 Å². The number of nitrogens with one attached hydrogen (secondary N) is 1. The molecule has 1 aliphatic rings. The summed E-state index contributed by atoms with van der Waals surface area (Å²) >= 11 is 3.86. The Hall–Kier alpha value is 0.150. The van der Waals surface area contributed by atoms with E-state index in [1.54, 1.807) is 0 Å². The highest BCUT2D eigenvalue weighted by Gasteiger charge is 2.53. The third-order valence-corrected chi connectivity index (χ3v) is 2.55. The van der Waals surface area contributed by atoms with E-state index >= 15 is 0 Å². The first kappa shape index (κ1) is 10.2. The van der Waals surface area contributed by atoms with E-state index < -0.39 is 29.4 Å². The lowest BCUT2D eigenvalue weighted by Gasteiger charge is -2.29. The number of hydrogen-bond acceptors (Lipinski definition) is 6. The number of rotatable bonds is 1. The highest BCUT2D eigenvalue weighted by molar-refractivity contribution is 7.81. The van der Waals surface area contributed by atoms with Crippen LogP contribution in [-0.2, 0) is 0 Å². The van der Waals surface area contributed by atoms with Crippen molar-refractivity contribution in [2.45, 2.75) is 36.3 Å². The van der Waals surface area contributed by atoms with E-state index in [0.29, 0.717) is 0 Å². The van der Waals surface area contributed by atoms with Crippen LogP contribution in [0.15, 0.2) is 0 Å². The highest BCUT2D eigenvalue weighted by Crippen LogP contribution is 2.26. The first-order chi connectivity index (χ1) is 5.39. The quantitative estimate of drug-likeness (QED) is 0.263. The average molecular weight is 195 g/mol. The molecular formula is C6H13NO4S. The molecule has 72 valence electrons. The van der Waals surface area contributed by atoms with Crippen LogP contribution >= 0.6 is 12.6 Å². The number of aliphatic hydroxyl groups is 4. The fraction of sp³-hybridized carbons (Fsp3) is 1.00. The van der Waals surface area contributed by atoms with E-state index in [1.807, 2.05) is 0 Å². The van der Waals surface area contributed by atoms with Crippen molar-refractivity contribution < 1.29 is 20.4 Å². The zero-order valence-corrected chi connectivity index (χ0v) is 7.44. The van der Waals surface area contributed by atoms with Gasteiger partial charge in [0.15, 0.2) is 5.72 Å². The minimum absolute atomic E-state index is 0.736. The summed E-state index contributed by atoms with van der Waals surface area (Å²) in [5.74, 6) is 0. The van der Waals surface area contributed by atoms with E-state index in [4.69, 9.17) is 5.11 Å². The first-order valence-corrected chi connectivity index (χ1v) is 4.13. The predicted molar refractivity (Wildman–Crippen MR) is 44.6 cm³/mol. The molecule has 1 fully saturated rings. The molecule has 5 N–H and O–H groups in total. The summed E-state index contributed by atoms with van der Waals surface area (Å²) in [6.45, 7) is 1.31. The van der Waals surface area contributed by atoms with Gasteiger partial charge in [0.2, 0.25) is 0 Å². The van der Waals surface area contributed by atoms with Crippen LogP contribution in [0.5, 0.6) is 0 Å². The van der Waals surface area contributed by atoms with Gasteiger partial charge >= 0.3 is 0 Å². The molecule has 12 heavy (non-hydrogen) atoms. The molecule has 0 aromatic carbocycles. The summed E-state index contributed by atoms with van der Waals surface area (Å²) in [6, 6.07) is 0. The fourth-order valence-electron chi connectivity index (χ4n) is 1.21. The van der Waals surface area contributed by atoms with Gasteiger partial charge in [0.05, 0.1) is 11.5 Å². The fourth-order valence-corrected chi connectivity index (χ4v) is 1.58. The van der Waals surface area contributed by atoms with Crippen LogP contribution in [0.4, 0.5) is 0 Å². The van der Waals surface area contributed by atoms with Gasteiger partial charge in [-0.3, -0.25) is 5.32 Å². The number of thiol groups is 1. The molecule has 1 heterocycles.